The van der Waals surface area contributed by atoms with Crippen molar-refractivity contribution in [3.05, 3.63) is 29.3 Å². The lowest BCUT2D eigenvalue weighted by atomic mass is 10.1. The van der Waals surface area contributed by atoms with E-state index in [1.807, 2.05) is 0 Å². The quantitative estimate of drug-likeness (QED) is 0.760. The highest BCUT2D eigenvalue weighted by molar-refractivity contribution is 5.92. The Kier molecular flexibility index (Phi) is 6.52. The molecular formula is C14H15ClF6N2O. The fourth-order valence-corrected chi connectivity index (χ4v) is 1.94. The van der Waals surface area contributed by atoms with Crippen molar-refractivity contribution in [2.45, 2.75) is 25.2 Å². The van der Waals surface area contributed by atoms with Crippen molar-refractivity contribution in [1.29, 1.82) is 0 Å². The molecule has 2 rings (SSSR count). The van der Waals surface area contributed by atoms with E-state index in [-0.39, 0.29) is 25.0 Å². The number of alkyl halides is 6. The minimum Gasteiger partial charge on any atom is -0.325 e. The normalized spacial score (nSPS) is 14.9. The van der Waals surface area contributed by atoms with Gasteiger partial charge in [-0.2, -0.15) is 26.3 Å². The van der Waals surface area contributed by atoms with E-state index in [9.17, 15) is 31.1 Å². The Morgan fingerprint density at radius 2 is 1.50 bits per heavy atom. The van der Waals surface area contributed by atoms with Crippen LogP contribution in [0.4, 0.5) is 32.0 Å². The van der Waals surface area contributed by atoms with Gasteiger partial charge in [0.2, 0.25) is 5.91 Å². The summed E-state index contributed by atoms with van der Waals surface area (Å²) in [6.07, 6.45) is -7.77. The molecule has 0 aromatic heterocycles. The van der Waals surface area contributed by atoms with Crippen LogP contribution in [0.5, 0.6) is 0 Å². The van der Waals surface area contributed by atoms with Gasteiger partial charge < -0.3 is 10.6 Å². The summed E-state index contributed by atoms with van der Waals surface area (Å²) in [6, 6.07) is 0.975. The molecule has 1 aromatic carbocycles. The summed E-state index contributed by atoms with van der Waals surface area (Å²) in [5, 5.41) is 4.86. The van der Waals surface area contributed by atoms with E-state index in [4.69, 9.17) is 0 Å². The van der Waals surface area contributed by atoms with Gasteiger partial charge >= 0.3 is 12.4 Å². The summed E-state index contributed by atoms with van der Waals surface area (Å²) < 4.78 is 76.1. The number of carbonyl (C=O) groups is 1. The molecule has 24 heavy (non-hydrogen) atoms. The summed E-state index contributed by atoms with van der Waals surface area (Å²) in [4.78, 5) is 11.6. The smallest absolute Gasteiger partial charge is 0.325 e. The summed E-state index contributed by atoms with van der Waals surface area (Å²) in [5.41, 5.74) is -3.47. The van der Waals surface area contributed by atoms with Crippen molar-refractivity contribution in [1.82, 2.24) is 5.32 Å². The highest BCUT2D eigenvalue weighted by Crippen LogP contribution is 2.37. The zero-order chi connectivity index (χ0) is 17.3. The SMILES string of the molecule is Cl.O=C(CNCC1CC1)Nc1cc(C(F)(F)F)cc(C(F)(F)F)c1. The van der Waals surface area contributed by atoms with Crippen LogP contribution in [-0.2, 0) is 17.1 Å². The molecule has 1 aliphatic carbocycles. The monoisotopic (exact) mass is 376 g/mol. The molecule has 0 unspecified atom stereocenters. The Morgan fingerprint density at radius 1 is 1.00 bits per heavy atom. The molecule has 1 saturated carbocycles. The van der Waals surface area contributed by atoms with Crippen LogP contribution in [0.2, 0.25) is 0 Å². The Hall–Kier alpha value is -1.48. The van der Waals surface area contributed by atoms with Gasteiger partial charge in [-0.25, -0.2) is 0 Å². The zero-order valence-electron chi connectivity index (χ0n) is 12.2. The van der Waals surface area contributed by atoms with Crippen molar-refractivity contribution in [2.75, 3.05) is 18.4 Å². The molecule has 0 heterocycles. The third kappa shape index (κ3) is 6.20. The lowest BCUT2D eigenvalue weighted by Crippen LogP contribution is -2.29. The van der Waals surface area contributed by atoms with Crippen LogP contribution in [0.15, 0.2) is 18.2 Å². The van der Waals surface area contributed by atoms with E-state index in [1.54, 1.807) is 0 Å². The molecule has 1 aromatic rings. The molecule has 0 saturated heterocycles. The number of nitrogens with one attached hydrogen (secondary N) is 2. The summed E-state index contributed by atoms with van der Waals surface area (Å²) in [5.74, 6) is -0.203. The number of hydrogen-bond donors (Lipinski definition) is 2. The van der Waals surface area contributed by atoms with Crippen molar-refractivity contribution in [3.63, 3.8) is 0 Å². The Bertz CT molecular complexity index is 551. The first-order valence-corrected chi connectivity index (χ1v) is 6.86. The fraction of sp³-hybridized carbons (Fsp3) is 0.500. The highest BCUT2D eigenvalue weighted by atomic mass is 35.5. The molecule has 0 radical (unpaired) electrons. The van der Waals surface area contributed by atoms with Gasteiger partial charge in [0.05, 0.1) is 17.7 Å². The van der Waals surface area contributed by atoms with E-state index >= 15 is 0 Å². The van der Waals surface area contributed by atoms with Gasteiger partial charge in [0.1, 0.15) is 0 Å². The van der Waals surface area contributed by atoms with E-state index in [0.29, 0.717) is 24.6 Å². The first kappa shape index (κ1) is 20.6. The third-order valence-corrected chi connectivity index (χ3v) is 3.29. The third-order valence-electron chi connectivity index (χ3n) is 3.29. The maximum atomic E-state index is 12.7. The van der Waals surface area contributed by atoms with Crippen LogP contribution in [0.25, 0.3) is 0 Å². The average Bonchev–Trinajstić information content (AvgIpc) is 3.20. The van der Waals surface area contributed by atoms with Gasteiger partial charge in [0.15, 0.2) is 0 Å². The van der Waals surface area contributed by atoms with Gasteiger partial charge in [-0.05, 0) is 43.5 Å². The van der Waals surface area contributed by atoms with E-state index in [1.165, 1.54) is 0 Å². The van der Waals surface area contributed by atoms with Gasteiger partial charge in [0.25, 0.3) is 0 Å². The molecule has 1 fully saturated rings. The molecule has 2 N–H and O–H groups in total. The topological polar surface area (TPSA) is 41.1 Å². The number of amides is 1. The molecule has 1 aliphatic rings. The van der Waals surface area contributed by atoms with Gasteiger partial charge in [-0.3, -0.25) is 4.79 Å². The molecule has 136 valence electrons. The maximum Gasteiger partial charge on any atom is 0.416 e. The molecule has 1 amide bonds. The van der Waals surface area contributed by atoms with E-state index < -0.39 is 35.1 Å². The second-order valence-corrected chi connectivity index (χ2v) is 5.42. The van der Waals surface area contributed by atoms with Crippen LogP contribution in [0.3, 0.4) is 0 Å². The van der Waals surface area contributed by atoms with Gasteiger partial charge in [-0.15, -0.1) is 12.4 Å². The van der Waals surface area contributed by atoms with Crippen LogP contribution >= 0.6 is 12.4 Å². The Morgan fingerprint density at radius 3 is 1.92 bits per heavy atom. The number of anilines is 1. The lowest BCUT2D eigenvalue weighted by molar-refractivity contribution is -0.143. The maximum absolute atomic E-state index is 12.7. The number of benzene rings is 1. The van der Waals surface area contributed by atoms with Gasteiger partial charge in [-0.1, -0.05) is 0 Å². The molecular weight excluding hydrogens is 362 g/mol. The number of halogens is 7. The summed E-state index contributed by atoms with van der Waals surface area (Å²) >= 11 is 0. The van der Waals surface area contributed by atoms with Gasteiger partial charge in [0, 0.05) is 5.69 Å². The lowest BCUT2D eigenvalue weighted by Gasteiger charge is -2.15. The summed E-state index contributed by atoms with van der Waals surface area (Å²) in [7, 11) is 0. The molecule has 0 bridgehead atoms. The second-order valence-electron chi connectivity index (χ2n) is 5.42. The van der Waals surface area contributed by atoms with Crippen LogP contribution in [0.1, 0.15) is 24.0 Å². The molecule has 10 heteroatoms. The minimum atomic E-state index is -4.94. The van der Waals surface area contributed by atoms with Crippen molar-refractivity contribution >= 4 is 24.0 Å². The average molecular weight is 377 g/mol. The van der Waals surface area contributed by atoms with E-state index in [0.717, 1.165) is 12.8 Å². The standard InChI is InChI=1S/C14H14F6N2O.ClH/c15-13(16,17)9-3-10(14(18,19)20)5-11(4-9)22-12(23)7-21-6-8-1-2-8;/h3-5,8,21H,1-2,6-7H2,(H,22,23);1H. The largest absolute Gasteiger partial charge is 0.416 e. The Balaban J connectivity index is 0.00000288. The summed E-state index contributed by atoms with van der Waals surface area (Å²) in [6.45, 7) is 0.428. The van der Waals surface area contributed by atoms with E-state index in [2.05, 4.69) is 10.6 Å². The van der Waals surface area contributed by atoms with Crippen LogP contribution < -0.4 is 10.6 Å². The fourth-order valence-electron chi connectivity index (χ4n) is 1.94. The number of carbonyl (C=O) groups excluding carboxylic acids is 1. The molecule has 0 spiro atoms. The van der Waals surface area contributed by atoms with Crippen molar-refractivity contribution in [2.24, 2.45) is 5.92 Å². The number of rotatable bonds is 5. The number of hydrogen-bond acceptors (Lipinski definition) is 2. The van der Waals surface area contributed by atoms with Crippen LogP contribution in [-0.4, -0.2) is 19.0 Å². The van der Waals surface area contributed by atoms with Crippen molar-refractivity contribution in [3.8, 4) is 0 Å². The Labute approximate surface area is 140 Å². The minimum absolute atomic E-state index is 0. The highest BCUT2D eigenvalue weighted by Gasteiger charge is 2.37. The first-order valence-electron chi connectivity index (χ1n) is 6.86. The van der Waals surface area contributed by atoms with Crippen LogP contribution in [0, 0.1) is 5.92 Å². The second kappa shape index (κ2) is 7.60. The predicted molar refractivity (Wildman–Crippen MR) is 77.9 cm³/mol. The first-order chi connectivity index (χ1) is 10.6. The molecule has 0 aliphatic heterocycles. The predicted octanol–water partition coefficient (Wildman–Crippen LogP) is 4.08. The zero-order valence-corrected chi connectivity index (χ0v) is 13.0. The molecule has 3 nitrogen and oxygen atoms in total. The molecule has 0 atom stereocenters. The van der Waals surface area contributed by atoms with Crippen molar-refractivity contribution < 1.29 is 31.1 Å².